The molecule has 2 heterocycles. The summed E-state index contributed by atoms with van der Waals surface area (Å²) in [5.41, 5.74) is 1.13. The third-order valence-electron chi connectivity index (χ3n) is 4.28. The van der Waals surface area contributed by atoms with Gasteiger partial charge in [0.1, 0.15) is 23.1 Å². The molecule has 3 rings (SSSR count). The largest absolute Gasteiger partial charge is 0.497 e. The average Bonchev–Trinajstić information content (AvgIpc) is 3.04. The van der Waals surface area contributed by atoms with E-state index in [1.165, 1.54) is 0 Å². The number of nitrogens with zero attached hydrogens (tertiary/aromatic N) is 2. The van der Waals surface area contributed by atoms with Crippen molar-refractivity contribution in [3.8, 4) is 11.5 Å². The molecule has 1 fully saturated rings. The van der Waals surface area contributed by atoms with Crippen LogP contribution in [0.15, 0.2) is 29.6 Å². The predicted octanol–water partition coefficient (Wildman–Crippen LogP) is 3.33. The second-order valence-corrected chi connectivity index (χ2v) is 7.23. The van der Waals surface area contributed by atoms with Gasteiger partial charge in [-0.15, -0.1) is 23.7 Å². The summed E-state index contributed by atoms with van der Waals surface area (Å²) in [6.45, 7) is 8.01. The summed E-state index contributed by atoms with van der Waals surface area (Å²) in [5, 5.41) is 6.67. The fraction of sp³-hybridized carbons (Fsp3) is 0.500. The van der Waals surface area contributed by atoms with E-state index in [9.17, 15) is 0 Å². The highest BCUT2D eigenvalue weighted by Gasteiger charge is 2.22. The minimum atomic E-state index is 0. The quantitative estimate of drug-likeness (QED) is 0.828. The van der Waals surface area contributed by atoms with Crippen molar-refractivity contribution in [3.05, 3.63) is 40.3 Å². The van der Waals surface area contributed by atoms with E-state index in [2.05, 4.69) is 29.4 Å². The molecule has 0 bridgehead atoms. The van der Waals surface area contributed by atoms with Crippen LogP contribution in [0.5, 0.6) is 11.5 Å². The molecule has 0 aliphatic carbocycles. The number of nitrogens with one attached hydrogen (secondary N) is 1. The molecular formula is C18H26ClN3O2S. The van der Waals surface area contributed by atoms with E-state index in [1.54, 1.807) is 18.4 Å². The molecular weight excluding hydrogens is 358 g/mol. The number of hydrogen-bond acceptors (Lipinski definition) is 6. The lowest BCUT2D eigenvalue weighted by atomic mass is 10.1. The summed E-state index contributed by atoms with van der Waals surface area (Å²) in [6.07, 6.45) is 0. The summed E-state index contributed by atoms with van der Waals surface area (Å²) in [7, 11) is 1.66. The highest BCUT2D eigenvalue weighted by Crippen LogP contribution is 2.20. The first-order valence-electron chi connectivity index (χ1n) is 8.31. The molecule has 1 saturated heterocycles. The molecule has 2 aromatic rings. The molecule has 0 amide bonds. The standard InChI is InChI=1S/C18H25N3O2S.ClH/c1-13-9-21(14(2)8-19-13)10-15-12-24-18(20-15)11-23-17-6-4-16(22-3)5-7-17;/h4-7,12-14,19H,8-11H2,1-3H3;1H. The number of rotatable bonds is 6. The zero-order valence-corrected chi connectivity index (χ0v) is 16.5. The van der Waals surface area contributed by atoms with Gasteiger partial charge in [-0.25, -0.2) is 4.98 Å². The Morgan fingerprint density at radius 1 is 1.24 bits per heavy atom. The minimum absolute atomic E-state index is 0. The first-order valence-corrected chi connectivity index (χ1v) is 9.19. The maximum Gasteiger partial charge on any atom is 0.140 e. The van der Waals surface area contributed by atoms with Crippen LogP contribution in [0.2, 0.25) is 0 Å². The predicted molar refractivity (Wildman–Crippen MR) is 104 cm³/mol. The van der Waals surface area contributed by atoms with Crippen LogP contribution in [-0.2, 0) is 13.2 Å². The Balaban J connectivity index is 0.00000225. The van der Waals surface area contributed by atoms with E-state index in [1.807, 2.05) is 24.3 Å². The third-order valence-corrected chi connectivity index (χ3v) is 5.15. The third kappa shape index (κ3) is 5.57. The molecule has 1 N–H and O–H groups in total. The zero-order valence-electron chi connectivity index (χ0n) is 14.9. The highest BCUT2D eigenvalue weighted by molar-refractivity contribution is 7.09. The van der Waals surface area contributed by atoms with Gasteiger partial charge in [0.2, 0.25) is 0 Å². The molecule has 7 heteroatoms. The molecule has 2 atom stereocenters. The van der Waals surface area contributed by atoms with Gasteiger partial charge >= 0.3 is 0 Å². The number of ether oxygens (including phenoxy) is 2. The fourth-order valence-corrected chi connectivity index (χ4v) is 3.53. The molecule has 0 saturated carbocycles. The first kappa shape index (κ1) is 20.0. The number of benzene rings is 1. The van der Waals surface area contributed by atoms with Crippen LogP contribution in [0.1, 0.15) is 24.5 Å². The Hall–Kier alpha value is -1.34. The van der Waals surface area contributed by atoms with E-state index in [4.69, 9.17) is 14.5 Å². The lowest BCUT2D eigenvalue weighted by molar-refractivity contribution is 0.137. The highest BCUT2D eigenvalue weighted by atomic mass is 35.5. The van der Waals surface area contributed by atoms with Crippen LogP contribution >= 0.6 is 23.7 Å². The van der Waals surface area contributed by atoms with Crippen LogP contribution in [0.3, 0.4) is 0 Å². The Morgan fingerprint density at radius 2 is 1.96 bits per heavy atom. The van der Waals surface area contributed by atoms with Gasteiger partial charge in [0.25, 0.3) is 0 Å². The molecule has 0 radical (unpaired) electrons. The van der Waals surface area contributed by atoms with Crippen molar-refractivity contribution < 1.29 is 9.47 Å². The molecule has 5 nitrogen and oxygen atoms in total. The van der Waals surface area contributed by atoms with E-state index < -0.39 is 0 Å². The van der Waals surface area contributed by atoms with Gasteiger partial charge in [-0.05, 0) is 38.1 Å². The SMILES string of the molecule is COc1ccc(OCc2nc(CN3CC(C)NCC3C)cs2)cc1.Cl. The van der Waals surface area contributed by atoms with Crippen LogP contribution in [0, 0.1) is 0 Å². The number of halogens is 1. The maximum absolute atomic E-state index is 5.80. The van der Waals surface area contributed by atoms with Gasteiger partial charge in [0.15, 0.2) is 0 Å². The van der Waals surface area contributed by atoms with Gasteiger partial charge in [-0.2, -0.15) is 0 Å². The average molecular weight is 384 g/mol. The molecule has 2 unspecified atom stereocenters. The number of methoxy groups -OCH3 is 1. The summed E-state index contributed by atoms with van der Waals surface area (Å²) in [6, 6.07) is 8.71. The van der Waals surface area contributed by atoms with Crippen molar-refractivity contribution in [2.24, 2.45) is 0 Å². The summed E-state index contributed by atoms with van der Waals surface area (Å²) >= 11 is 1.66. The van der Waals surface area contributed by atoms with E-state index in [0.29, 0.717) is 18.7 Å². The summed E-state index contributed by atoms with van der Waals surface area (Å²) in [4.78, 5) is 7.21. The number of piperazine rings is 1. The number of hydrogen-bond donors (Lipinski definition) is 1. The Morgan fingerprint density at radius 3 is 2.68 bits per heavy atom. The van der Waals surface area contributed by atoms with Crippen LogP contribution in [-0.4, -0.2) is 42.2 Å². The second-order valence-electron chi connectivity index (χ2n) is 6.28. The first-order chi connectivity index (χ1) is 11.6. The normalized spacial score (nSPS) is 20.8. The number of thiazole rings is 1. The molecule has 138 valence electrons. The minimum Gasteiger partial charge on any atom is -0.497 e. The van der Waals surface area contributed by atoms with E-state index in [0.717, 1.165) is 41.8 Å². The zero-order chi connectivity index (χ0) is 16.9. The Kier molecular flexibility index (Phi) is 7.50. The monoisotopic (exact) mass is 383 g/mol. The lowest BCUT2D eigenvalue weighted by Gasteiger charge is -2.37. The molecule has 1 aliphatic rings. The van der Waals surface area contributed by atoms with E-state index >= 15 is 0 Å². The van der Waals surface area contributed by atoms with Crippen molar-refractivity contribution in [3.63, 3.8) is 0 Å². The smallest absolute Gasteiger partial charge is 0.140 e. The van der Waals surface area contributed by atoms with Crippen LogP contribution < -0.4 is 14.8 Å². The van der Waals surface area contributed by atoms with E-state index in [-0.39, 0.29) is 12.4 Å². The second kappa shape index (κ2) is 9.38. The molecule has 1 aromatic carbocycles. The van der Waals surface area contributed by atoms with Crippen molar-refractivity contribution in [2.75, 3.05) is 20.2 Å². The fourth-order valence-electron chi connectivity index (χ4n) is 2.83. The topological polar surface area (TPSA) is 46.6 Å². The van der Waals surface area contributed by atoms with Crippen molar-refractivity contribution in [2.45, 2.75) is 39.1 Å². The van der Waals surface area contributed by atoms with Gasteiger partial charge in [0, 0.05) is 37.1 Å². The van der Waals surface area contributed by atoms with Gasteiger partial charge < -0.3 is 14.8 Å². The van der Waals surface area contributed by atoms with Crippen LogP contribution in [0.25, 0.3) is 0 Å². The number of aromatic nitrogens is 1. The van der Waals surface area contributed by atoms with Gasteiger partial charge in [0.05, 0.1) is 12.8 Å². The van der Waals surface area contributed by atoms with Crippen molar-refractivity contribution >= 4 is 23.7 Å². The van der Waals surface area contributed by atoms with Gasteiger partial charge in [-0.1, -0.05) is 0 Å². The molecule has 1 aliphatic heterocycles. The Bertz CT molecular complexity index is 650. The maximum atomic E-state index is 5.80. The van der Waals surface area contributed by atoms with Gasteiger partial charge in [-0.3, -0.25) is 4.90 Å². The van der Waals surface area contributed by atoms with Crippen molar-refractivity contribution in [1.82, 2.24) is 15.2 Å². The van der Waals surface area contributed by atoms with Crippen molar-refractivity contribution in [1.29, 1.82) is 0 Å². The van der Waals surface area contributed by atoms with Crippen LogP contribution in [0.4, 0.5) is 0 Å². The molecule has 25 heavy (non-hydrogen) atoms. The summed E-state index contributed by atoms with van der Waals surface area (Å²) < 4.78 is 11.0. The summed E-state index contributed by atoms with van der Waals surface area (Å²) in [5.74, 6) is 1.66. The molecule has 0 spiro atoms. The lowest BCUT2D eigenvalue weighted by Crippen LogP contribution is -2.53. The molecule has 1 aromatic heterocycles. The Labute approximate surface area is 159 Å².